The molecule has 1 heterocycles. The zero-order chi connectivity index (χ0) is 23.2. The second-order valence-electron chi connectivity index (χ2n) is 9.97. The molecule has 2 aromatic rings. The second kappa shape index (κ2) is 8.40. The van der Waals surface area contributed by atoms with Gasteiger partial charge in [0.2, 0.25) is 5.91 Å². The van der Waals surface area contributed by atoms with Crippen molar-refractivity contribution >= 4 is 23.1 Å². The zero-order valence-electron chi connectivity index (χ0n) is 18.8. The van der Waals surface area contributed by atoms with Crippen LogP contribution in [0, 0.1) is 23.1 Å². The van der Waals surface area contributed by atoms with Crippen molar-refractivity contribution in [3.05, 3.63) is 65.2 Å². The molecule has 0 saturated heterocycles. The maximum absolute atomic E-state index is 13.9. The number of hydrogen-bond acceptors (Lipinski definition) is 3. The van der Waals surface area contributed by atoms with Gasteiger partial charge >= 0.3 is 5.97 Å². The molecule has 0 aliphatic heterocycles. The molecule has 0 unspecified atom stereocenters. The first-order valence-electron chi connectivity index (χ1n) is 11.8. The number of carbonyl (C=O) groups is 2. The average Bonchev–Trinajstić information content (AvgIpc) is 3.14. The van der Waals surface area contributed by atoms with Crippen molar-refractivity contribution < 1.29 is 19.1 Å². The number of carboxylic acids is 1. The van der Waals surface area contributed by atoms with E-state index in [4.69, 9.17) is 5.11 Å². The second-order valence-corrected chi connectivity index (χ2v) is 9.97. The molecular weight excluding hydrogens is 419 g/mol. The van der Waals surface area contributed by atoms with Crippen molar-refractivity contribution in [2.45, 2.75) is 57.8 Å². The van der Waals surface area contributed by atoms with Crippen LogP contribution in [0.3, 0.4) is 0 Å². The van der Waals surface area contributed by atoms with Crippen LogP contribution in [0.25, 0.3) is 5.57 Å². The van der Waals surface area contributed by atoms with E-state index >= 15 is 0 Å². The number of nitrogens with one attached hydrogen (secondary N) is 1. The van der Waals surface area contributed by atoms with Gasteiger partial charge in [-0.25, -0.2) is 4.39 Å². The summed E-state index contributed by atoms with van der Waals surface area (Å²) in [5, 5.41) is 11.6. The van der Waals surface area contributed by atoms with E-state index in [0.29, 0.717) is 17.8 Å². The lowest BCUT2D eigenvalue weighted by Crippen LogP contribution is -2.40. The Hall–Kier alpha value is -3.02. The van der Waals surface area contributed by atoms with Gasteiger partial charge < -0.3 is 10.4 Å². The molecule has 0 bridgehead atoms. The van der Waals surface area contributed by atoms with E-state index in [1.54, 1.807) is 12.3 Å². The summed E-state index contributed by atoms with van der Waals surface area (Å²) in [6, 6.07) is 7.78. The van der Waals surface area contributed by atoms with E-state index < -0.39 is 5.97 Å². The summed E-state index contributed by atoms with van der Waals surface area (Å²) in [7, 11) is 0. The largest absolute Gasteiger partial charge is 0.481 e. The Morgan fingerprint density at radius 2 is 2.06 bits per heavy atom. The van der Waals surface area contributed by atoms with Crippen molar-refractivity contribution in [2.75, 3.05) is 5.32 Å². The van der Waals surface area contributed by atoms with Crippen LogP contribution in [0.5, 0.6) is 0 Å². The fraction of sp³-hybridized carbons (Fsp3) is 0.444. The minimum atomic E-state index is -0.968. The maximum Gasteiger partial charge on any atom is 0.303 e. The highest BCUT2D eigenvalue weighted by Crippen LogP contribution is 2.63. The molecule has 3 aliphatic rings. The van der Waals surface area contributed by atoms with Gasteiger partial charge in [-0.15, -0.1) is 0 Å². The first kappa shape index (κ1) is 21.8. The quantitative estimate of drug-likeness (QED) is 0.626. The molecular formula is C27H29FN2O3. The molecule has 1 fully saturated rings. The number of pyridine rings is 1. The van der Waals surface area contributed by atoms with Crippen LogP contribution in [-0.4, -0.2) is 22.0 Å². The molecule has 4 atom stereocenters. The molecule has 3 aliphatic carbocycles. The molecule has 1 amide bonds. The standard InChI is InChI=1S/C27H29FN2O3/c1-27-11-10-21-20-5-3-19(30-25(31)8-9-26(32)33)13-16(20)2-4-22(21)24(27)7-6-23(27)17-12-18(28)15-29-14-17/h3,5-6,12-15,21-22,24H,2,4,7-11H2,1H3,(H,30,31)(H,32,33)/t21-,22-,24+,27-/m1/s1. The average molecular weight is 449 g/mol. The van der Waals surface area contributed by atoms with E-state index in [1.165, 1.54) is 22.9 Å². The van der Waals surface area contributed by atoms with Crippen LogP contribution in [-0.2, 0) is 16.0 Å². The predicted molar refractivity (Wildman–Crippen MR) is 124 cm³/mol. The predicted octanol–water partition coefficient (Wildman–Crippen LogP) is 5.57. The Balaban J connectivity index is 1.33. The van der Waals surface area contributed by atoms with Gasteiger partial charge in [0.15, 0.2) is 0 Å². The number of aromatic nitrogens is 1. The van der Waals surface area contributed by atoms with Gasteiger partial charge in [0.1, 0.15) is 5.82 Å². The molecule has 172 valence electrons. The van der Waals surface area contributed by atoms with E-state index in [0.717, 1.165) is 43.4 Å². The molecule has 2 N–H and O–H groups in total. The molecule has 6 heteroatoms. The van der Waals surface area contributed by atoms with Gasteiger partial charge in [0.25, 0.3) is 0 Å². The minimum absolute atomic E-state index is 0.0203. The summed E-state index contributed by atoms with van der Waals surface area (Å²) in [6.45, 7) is 2.35. The SMILES string of the molecule is C[C@]12CC[C@@H]3c4ccc(NC(=O)CCC(=O)O)cc4CC[C@H]3[C@@H]1CC=C2c1cncc(F)c1. The van der Waals surface area contributed by atoms with Crippen LogP contribution >= 0.6 is 0 Å². The van der Waals surface area contributed by atoms with Crippen molar-refractivity contribution in [1.29, 1.82) is 0 Å². The number of carboxylic acid groups (broad SMARTS) is 1. The minimum Gasteiger partial charge on any atom is -0.481 e. The number of nitrogens with zero attached hydrogens (tertiary/aromatic N) is 1. The van der Waals surface area contributed by atoms with E-state index in [1.807, 2.05) is 6.07 Å². The van der Waals surface area contributed by atoms with Crippen LogP contribution < -0.4 is 5.32 Å². The van der Waals surface area contributed by atoms with E-state index in [-0.39, 0.29) is 30.0 Å². The molecule has 5 nitrogen and oxygen atoms in total. The van der Waals surface area contributed by atoms with Crippen molar-refractivity contribution in [3.8, 4) is 0 Å². The number of halogens is 1. The highest BCUT2D eigenvalue weighted by molar-refractivity contribution is 5.92. The number of amides is 1. The lowest BCUT2D eigenvalue weighted by atomic mass is 9.54. The molecule has 1 aromatic heterocycles. The number of benzene rings is 1. The third-order valence-corrected chi connectivity index (χ3v) is 8.17. The molecule has 0 radical (unpaired) electrons. The number of aryl methyl sites for hydroxylation is 1. The number of hydrogen-bond donors (Lipinski definition) is 2. The van der Waals surface area contributed by atoms with Crippen LogP contribution in [0.2, 0.25) is 0 Å². The van der Waals surface area contributed by atoms with Gasteiger partial charge in [-0.2, -0.15) is 0 Å². The number of fused-ring (bicyclic) bond motifs is 5. The van der Waals surface area contributed by atoms with Crippen LogP contribution in [0.4, 0.5) is 10.1 Å². The fourth-order valence-corrected chi connectivity index (χ4v) is 6.68. The summed E-state index contributed by atoms with van der Waals surface area (Å²) in [6.07, 6.45) is 10.4. The Morgan fingerprint density at radius 3 is 2.85 bits per heavy atom. The zero-order valence-corrected chi connectivity index (χ0v) is 18.8. The summed E-state index contributed by atoms with van der Waals surface area (Å²) < 4.78 is 13.9. The number of carbonyl (C=O) groups excluding carboxylic acids is 1. The number of anilines is 1. The Kier molecular flexibility index (Phi) is 5.55. The van der Waals surface area contributed by atoms with Crippen molar-refractivity contribution in [3.63, 3.8) is 0 Å². The number of aliphatic carboxylic acids is 1. The topological polar surface area (TPSA) is 79.3 Å². The lowest BCUT2D eigenvalue weighted by Gasteiger charge is -2.50. The Morgan fingerprint density at radius 1 is 1.21 bits per heavy atom. The summed E-state index contributed by atoms with van der Waals surface area (Å²) in [5.74, 6) is 0.106. The highest BCUT2D eigenvalue weighted by atomic mass is 19.1. The lowest BCUT2D eigenvalue weighted by molar-refractivity contribution is -0.138. The van der Waals surface area contributed by atoms with Crippen LogP contribution in [0.15, 0.2) is 42.7 Å². The van der Waals surface area contributed by atoms with E-state index in [2.05, 4.69) is 35.4 Å². The van der Waals surface area contributed by atoms with Crippen molar-refractivity contribution in [2.24, 2.45) is 17.3 Å². The number of allylic oxidation sites excluding steroid dienone is 2. The van der Waals surface area contributed by atoms with E-state index in [9.17, 15) is 14.0 Å². The third-order valence-electron chi connectivity index (χ3n) is 8.17. The first-order chi connectivity index (χ1) is 15.8. The van der Waals surface area contributed by atoms with Crippen LogP contribution in [0.1, 0.15) is 68.1 Å². The molecule has 33 heavy (non-hydrogen) atoms. The Labute approximate surface area is 193 Å². The Bertz CT molecular complexity index is 1140. The first-order valence-corrected chi connectivity index (χ1v) is 11.8. The summed E-state index contributed by atoms with van der Waals surface area (Å²) in [5.41, 5.74) is 5.63. The monoisotopic (exact) mass is 448 g/mol. The molecule has 0 spiro atoms. The fourth-order valence-electron chi connectivity index (χ4n) is 6.68. The van der Waals surface area contributed by atoms with Gasteiger partial charge in [-0.05, 0) is 95.7 Å². The number of rotatable bonds is 5. The highest BCUT2D eigenvalue weighted by Gasteiger charge is 2.51. The maximum atomic E-state index is 13.9. The third kappa shape index (κ3) is 3.96. The molecule has 1 saturated carbocycles. The van der Waals surface area contributed by atoms with Gasteiger partial charge in [0, 0.05) is 18.3 Å². The smallest absolute Gasteiger partial charge is 0.303 e. The van der Waals surface area contributed by atoms with Crippen molar-refractivity contribution in [1.82, 2.24) is 4.98 Å². The van der Waals surface area contributed by atoms with Gasteiger partial charge in [-0.1, -0.05) is 19.1 Å². The van der Waals surface area contributed by atoms with Gasteiger partial charge in [-0.3, -0.25) is 14.6 Å². The molecule has 5 rings (SSSR count). The summed E-state index contributed by atoms with van der Waals surface area (Å²) in [4.78, 5) is 26.8. The summed E-state index contributed by atoms with van der Waals surface area (Å²) >= 11 is 0. The normalized spacial score (nSPS) is 27.7. The molecule has 1 aromatic carbocycles. The van der Waals surface area contributed by atoms with Gasteiger partial charge in [0.05, 0.1) is 12.6 Å².